The molecule has 2 nitrogen and oxygen atoms in total. The number of nitrogens with one attached hydrogen (secondary N) is 1. The van der Waals surface area contributed by atoms with E-state index in [1.807, 2.05) is 0 Å². The Hall–Kier alpha value is -0.0800. The van der Waals surface area contributed by atoms with Crippen LogP contribution in [0, 0.1) is 0 Å². The molecule has 0 aliphatic heterocycles. The van der Waals surface area contributed by atoms with Crippen LogP contribution in [-0.4, -0.2) is 36.6 Å². The summed E-state index contributed by atoms with van der Waals surface area (Å²) in [5, 5.41) is 3.48. The van der Waals surface area contributed by atoms with E-state index in [1.54, 1.807) is 0 Å². The Morgan fingerprint density at radius 1 is 1.06 bits per heavy atom. The third kappa shape index (κ3) is 7.77. The van der Waals surface area contributed by atoms with Crippen molar-refractivity contribution in [3.05, 3.63) is 0 Å². The normalized spacial score (nSPS) is 16.1. The highest BCUT2D eigenvalue weighted by Gasteiger charge is 2.27. The molecule has 1 fully saturated rings. The molecule has 0 heterocycles. The van der Waals surface area contributed by atoms with E-state index in [1.165, 1.54) is 64.6 Å². The first-order chi connectivity index (χ1) is 8.24. The minimum atomic E-state index is 0.643. The summed E-state index contributed by atoms with van der Waals surface area (Å²) in [4.78, 5) is 2.71. The van der Waals surface area contributed by atoms with Gasteiger partial charge in [0.25, 0.3) is 0 Å². The van der Waals surface area contributed by atoms with Crippen molar-refractivity contribution in [1.29, 1.82) is 0 Å². The first kappa shape index (κ1) is 15.0. The lowest BCUT2D eigenvalue weighted by Gasteiger charge is -2.20. The molecule has 2 heteroatoms. The van der Waals surface area contributed by atoms with Gasteiger partial charge in [-0.3, -0.25) is 0 Å². The van der Waals surface area contributed by atoms with Crippen molar-refractivity contribution in [2.24, 2.45) is 0 Å². The number of hydrogen-bond donors (Lipinski definition) is 1. The van der Waals surface area contributed by atoms with Gasteiger partial charge in [-0.25, -0.2) is 0 Å². The smallest absolute Gasteiger partial charge is 0.00964 e. The Morgan fingerprint density at radius 2 is 1.76 bits per heavy atom. The van der Waals surface area contributed by atoms with Gasteiger partial charge in [0.15, 0.2) is 0 Å². The summed E-state index contributed by atoms with van der Waals surface area (Å²) in [6.45, 7) is 10.6. The van der Waals surface area contributed by atoms with E-state index in [0.717, 1.165) is 6.04 Å². The van der Waals surface area contributed by atoms with Crippen LogP contribution >= 0.6 is 0 Å². The van der Waals surface area contributed by atoms with Gasteiger partial charge in [0, 0.05) is 12.1 Å². The standard InChI is InChI=1S/C15H32N2/c1-4-12-17(15-9-10-15)13-8-6-5-7-11-16-14(2)3/h14-16H,4-13H2,1-3H3. The van der Waals surface area contributed by atoms with Gasteiger partial charge >= 0.3 is 0 Å². The lowest BCUT2D eigenvalue weighted by atomic mass is 10.2. The van der Waals surface area contributed by atoms with Gasteiger partial charge in [-0.05, 0) is 51.7 Å². The van der Waals surface area contributed by atoms with E-state index in [-0.39, 0.29) is 0 Å². The SMILES string of the molecule is CCCN(CCCCCCNC(C)C)C1CC1. The van der Waals surface area contributed by atoms with E-state index in [0.29, 0.717) is 6.04 Å². The summed E-state index contributed by atoms with van der Waals surface area (Å²) in [5.74, 6) is 0. The van der Waals surface area contributed by atoms with Gasteiger partial charge in [0.05, 0.1) is 0 Å². The first-order valence-electron chi connectivity index (χ1n) is 7.71. The topological polar surface area (TPSA) is 15.3 Å². The zero-order valence-electron chi connectivity index (χ0n) is 12.2. The van der Waals surface area contributed by atoms with Gasteiger partial charge in [-0.15, -0.1) is 0 Å². The van der Waals surface area contributed by atoms with Crippen molar-refractivity contribution >= 4 is 0 Å². The largest absolute Gasteiger partial charge is 0.315 e. The number of unbranched alkanes of at least 4 members (excludes halogenated alkanes) is 3. The fourth-order valence-corrected chi connectivity index (χ4v) is 2.39. The summed E-state index contributed by atoms with van der Waals surface area (Å²) in [7, 11) is 0. The van der Waals surface area contributed by atoms with E-state index >= 15 is 0 Å². The van der Waals surface area contributed by atoms with Crippen molar-refractivity contribution in [3.8, 4) is 0 Å². The molecule has 0 bridgehead atoms. The summed E-state index contributed by atoms with van der Waals surface area (Å²) in [6, 6.07) is 1.60. The van der Waals surface area contributed by atoms with Crippen molar-refractivity contribution in [2.45, 2.75) is 77.8 Å². The average molecular weight is 240 g/mol. The molecule has 1 saturated carbocycles. The maximum atomic E-state index is 3.48. The molecule has 1 rings (SSSR count). The predicted octanol–water partition coefficient (Wildman–Crippen LogP) is 3.42. The van der Waals surface area contributed by atoms with Crippen LogP contribution in [0.15, 0.2) is 0 Å². The molecule has 0 atom stereocenters. The van der Waals surface area contributed by atoms with Crippen LogP contribution in [0.3, 0.4) is 0 Å². The summed E-state index contributed by atoms with van der Waals surface area (Å²) >= 11 is 0. The third-order valence-corrected chi connectivity index (χ3v) is 3.50. The zero-order valence-corrected chi connectivity index (χ0v) is 12.2. The second kappa shape index (κ2) is 8.93. The number of hydrogen-bond acceptors (Lipinski definition) is 2. The molecular formula is C15H32N2. The lowest BCUT2D eigenvalue weighted by molar-refractivity contribution is 0.257. The maximum Gasteiger partial charge on any atom is 0.00964 e. The van der Waals surface area contributed by atoms with E-state index < -0.39 is 0 Å². The molecule has 1 aliphatic rings. The Bertz CT molecular complexity index is 176. The average Bonchev–Trinajstić information content (AvgIpc) is 3.09. The van der Waals surface area contributed by atoms with Crippen LogP contribution in [0.4, 0.5) is 0 Å². The van der Waals surface area contributed by atoms with E-state index in [9.17, 15) is 0 Å². The van der Waals surface area contributed by atoms with Crippen molar-refractivity contribution in [2.75, 3.05) is 19.6 Å². The van der Waals surface area contributed by atoms with Crippen LogP contribution in [0.25, 0.3) is 0 Å². The molecule has 1 aliphatic carbocycles. The molecule has 102 valence electrons. The first-order valence-corrected chi connectivity index (χ1v) is 7.71. The molecule has 0 radical (unpaired) electrons. The van der Waals surface area contributed by atoms with Gasteiger partial charge in [-0.2, -0.15) is 0 Å². The second-order valence-corrected chi connectivity index (χ2v) is 5.79. The van der Waals surface area contributed by atoms with Crippen molar-refractivity contribution in [1.82, 2.24) is 10.2 Å². The van der Waals surface area contributed by atoms with Crippen molar-refractivity contribution in [3.63, 3.8) is 0 Å². The molecule has 0 aromatic heterocycles. The molecule has 0 aromatic carbocycles. The fourth-order valence-electron chi connectivity index (χ4n) is 2.39. The lowest BCUT2D eigenvalue weighted by Crippen LogP contribution is -2.28. The van der Waals surface area contributed by atoms with Gasteiger partial charge in [-0.1, -0.05) is 33.6 Å². The highest BCUT2D eigenvalue weighted by Crippen LogP contribution is 2.27. The molecule has 0 amide bonds. The molecule has 0 saturated heterocycles. The molecule has 0 spiro atoms. The Kier molecular flexibility index (Phi) is 7.87. The monoisotopic (exact) mass is 240 g/mol. The van der Waals surface area contributed by atoms with Gasteiger partial charge in [0.2, 0.25) is 0 Å². The van der Waals surface area contributed by atoms with E-state index in [4.69, 9.17) is 0 Å². The summed E-state index contributed by atoms with van der Waals surface area (Å²) < 4.78 is 0. The van der Waals surface area contributed by atoms with Crippen LogP contribution < -0.4 is 5.32 Å². The van der Waals surface area contributed by atoms with Crippen LogP contribution in [-0.2, 0) is 0 Å². The fraction of sp³-hybridized carbons (Fsp3) is 1.00. The molecule has 17 heavy (non-hydrogen) atoms. The highest BCUT2D eigenvalue weighted by atomic mass is 15.2. The minimum absolute atomic E-state index is 0.643. The molecule has 1 N–H and O–H groups in total. The highest BCUT2D eigenvalue weighted by molar-refractivity contribution is 4.84. The maximum absolute atomic E-state index is 3.48. The molecule has 0 aromatic rings. The van der Waals surface area contributed by atoms with Gasteiger partial charge < -0.3 is 10.2 Å². The number of rotatable bonds is 11. The zero-order chi connectivity index (χ0) is 12.5. The quantitative estimate of drug-likeness (QED) is 0.557. The predicted molar refractivity (Wildman–Crippen MR) is 76.5 cm³/mol. The molecular weight excluding hydrogens is 208 g/mol. The number of nitrogens with zero attached hydrogens (tertiary/aromatic N) is 1. The Balaban J connectivity index is 1.88. The van der Waals surface area contributed by atoms with Gasteiger partial charge in [0.1, 0.15) is 0 Å². The summed E-state index contributed by atoms with van der Waals surface area (Å²) in [6.07, 6.45) is 9.77. The van der Waals surface area contributed by atoms with Crippen LogP contribution in [0.5, 0.6) is 0 Å². The van der Waals surface area contributed by atoms with Crippen LogP contribution in [0.2, 0.25) is 0 Å². The third-order valence-electron chi connectivity index (χ3n) is 3.50. The minimum Gasteiger partial charge on any atom is -0.315 e. The van der Waals surface area contributed by atoms with E-state index in [2.05, 4.69) is 31.0 Å². The van der Waals surface area contributed by atoms with Crippen LogP contribution in [0.1, 0.15) is 65.7 Å². The summed E-state index contributed by atoms with van der Waals surface area (Å²) in [5.41, 5.74) is 0. The Labute approximate surface area is 108 Å². The van der Waals surface area contributed by atoms with Crippen molar-refractivity contribution < 1.29 is 0 Å². The Morgan fingerprint density at radius 3 is 2.35 bits per heavy atom. The molecule has 0 unspecified atom stereocenters. The second-order valence-electron chi connectivity index (χ2n) is 5.79.